The maximum Gasteiger partial charge on any atom is 0.255 e. The molecule has 5 aromatic rings. The van der Waals surface area contributed by atoms with Crippen LogP contribution >= 0.6 is 0 Å². The van der Waals surface area contributed by atoms with Crippen LogP contribution in [-0.4, -0.2) is 134 Å². The number of nitrogens with zero attached hydrogens (tertiary/aromatic N) is 2. The van der Waals surface area contributed by atoms with Gasteiger partial charge in [-0.25, -0.2) is 0 Å². The SMILES string of the molecule is CCCCC[C@H]1CN2CCNC(=O)c3ccc(c(C)c3C)C(=O)NCCN(CCNC(=O)c3ccc(c(C)c3C)C(=O)N[C@@H](CCCO)C2)CCNC(=O)c2ccc(c(OCc3ccccc3)c2OCc2ccccc2)C(=O)N1. The quantitative estimate of drug-likeness (QED) is 0.0625. The summed E-state index contributed by atoms with van der Waals surface area (Å²) in [6, 6.07) is 27.9. The van der Waals surface area contributed by atoms with E-state index in [-0.39, 0.29) is 98.8 Å². The predicted molar refractivity (Wildman–Crippen MR) is 305 cm³/mol. The van der Waals surface area contributed by atoms with Gasteiger partial charge in [-0.2, -0.15) is 0 Å². The number of nitrogens with one attached hydrogen (secondary N) is 6. The number of hydrogen-bond acceptors (Lipinski definition) is 11. The first-order valence-corrected chi connectivity index (χ1v) is 27.8. The number of benzene rings is 5. The Morgan fingerprint density at radius 2 is 0.785 bits per heavy atom. The number of carbonyl (C=O) groups excluding carboxylic acids is 6. The monoisotopic (exact) mass is 1080 g/mol. The minimum atomic E-state index is -0.491. The van der Waals surface area contributed by atoms with E-state index in [9.17, 15) is 29.1 Å². The summed E-state index contributed by atoms with van der Waals surface area (Å²) in [5, 5.41) is 29.0. The second-order valence-electron chi connectivity index (χ2n) is 20.5. The number of unbranched alkanes of at least 4 members (excludes halogenated alkanes) is 2. The fourth-order valence-electron chi connectivity index (χ4n) is 10.1. The van der Waals surface area contributed by atoms with Crippen molar-refractivity contribution in [3.63, 3.8) is 0 Å². The average Bonchev–Trinajstić information content (AvgIpc) is 3.49. The molecule has 17 heteroatoms. The van der Waals surface area contributed by atoms with Crippen LogP contribution in [0.3, 0.4) is 0 Å². The molecule has 12 heterocycles. The summed E-state index contributed by atoms with van der Waals surface area (Å²) < 4.78 is 13.2. The highest BCUT2D eigenvalue weighted by atomic mass is 16.5. The molecular formula is C62H78N8O9. The Kier molecular flexibility index (Phi) is 22.0. The van der Waals surface area contributed by atoms with Gasteiger partial charge in [0, 0.05) is 106 Å². The van der Waals surface area contributed by atoms with Crippen LogP contribution in [0.2, 0.25) is 0 Å². The second kappa shape index (κ2) is 29.4. The molecule has 6 amide bonds. The van der Waals surface area contributed by atoms with Gasteiger partial charge in [-0.3, -0.25) is 38.6 Å². The first-order valence-electron chi connectivity index (χ1n) is 27.8. The zero-order valence-corrected chi connectivity index (χ0v) is 46.4. The van der Waals surface area contributed by atoms with Gasteiger partial charge in [0.05, 0.1) is 11.1 Å². The maximum atomic E-state index is 15.2. The molecular weight excluding hydrogens is 1000 g/mol. The Morgan fingerprint density at radius 3 is 1.19 bits per heavy atom. The van der Waals surface area contributed by atoms with Crippen LogP contribution < -0.4 is 41.4 Å². The number of rotatable bonds is 13. The molecule has 0 aromatic heterocycles. The molecule has 12 aliphatic heterocycles. The molecule has 12 aliphatic rings. The van der Waals surface area contributed by atoms with Gasteiger partial charge in [0.15, 0.2) is 11.5 Å². The Balaban J connectivity index is 1.36. The summed E-state index contributed by atoms with van der Waals surface area (Å²) in [5.74, 6) is -1.98. The smallest absolute Gasteiger partial charge is 0.255 e. The van der Waals surface area contributed by atoms with Crippen molar-refractivity contribution >= 4 is 35.4 Å². The molecule has 7 N–H and O–H groups in total. The van der Waals surface area contributed by atoms with Gasteiger partial charge in [0.1, 0.15) is 13.2 Å². The Morgan fingerprint density at radius 1 is 0.443 bits per heavy atom. The van der Waals surface area contributed by atoms with Crippen LogP contribution in [0.5, 0.6) is 11.5 Å². The van der Waals surface area contributed by atoms with Gasteiger partial charge >= 0.3 is 0 Å². The molecule has 4 atom stereocenters. The highest BCUT2D eigenvalue weighted by Crippen LogP contribution is 2.37. The minimum absolute atomic E-state index is 0.0580. The van der Waals surface area contributed by atoms with E-state index < -0.39 is 23.9 Å². The van der Waals surface area contributed by atoms with E-state index in [4.69, 9.17) is 9.47 Å². The molecule has 8 bridgehead atoms. The Bertz CT molecular complexity index is 2920. The van der Waals surface area contributed by atoms with Crippen molar-refractivity contribution in [1.29, 1.82) is 0 Å². The van der Waals surface area contributed by atoms with E-state index in [0.29, 0.717) is 96.5 Å². The second-order valence-corrected chi connectivity index (χ2v) is 20.5. The molecule has 0 radical (unpaired) electrons. The van der Waals surface area contributed by atoms with E-state index in [1.807, 2.05) is 93.3 Å². The number of hydrogen-bond donors (Lipinski definition) is 7. The van der Waals surface area contributed by atoms with Crippen LogP contribution in [0.4, 0.5) is 0 Å². The van der Waals surface area contributed by atoms with Gasteiger partial charge in [-0.1, -0.05) is 86.8 Å². The summed E-state index contributed by atoms with van der Waals surface area (Å²) in [6.45, 7) is 12.1. The van der Waals surface area contributed by atoms with Gasteiger partial charge in [0.25, 0.3) is 35.4 Å². The lowest BCUT2D eigenvalue weighted by Gasteiger charge is -2.32. The van der Waals surface area contributed by atoms with Crippen molar-refractivity contribution in [2.75, 3.05) is 72.1 Å². The highest BCUT2D eigenvalue weighted by Gasteiger charge is 2.29. The molecule has 17 nitrogen and oxygen atoms in total. The molecule has 17 rings (SSSR count). The molecule has 0 saturated heterocycles. The van der Waals surface area contributed by atoms with Gasteiger partial charge in [0.2, 0.25) is 0 Å². The lowest BCUT2D eigenvalue weighted by Crippen LogP contribution is -2.51. The third-order valence-corrected chi connectivity index (χ3v) is 15.0. The molecule has 0 spiro atoms. The zero-order chi connectivity index (χ0) is 56.3. The van der Waals surface area contributed by atoms with Gasteiger partial charge in [-0.05, 0) is 117 Å². The molecule has 2 unspecified atom stereocenters. The Labute approximate surface area is 464 Å². The van der Waals surface area contributed by atoms with Crippen LogP contribution in [0.25, 0.3) is 0 Å². The minimum Gasteiger partial charge on any atom is -0.484 e. The van der Waals surface area contributed by atoms with Crippen molar-refractivity contribution in [3.8, 4) is 11.5 Å². The third-order valence-electron chi connectivity index (χ3n) is 15.0. The van der Waals surface area contributed by atoms with E-state index in [0.717, 1.165) is 30.4 Å². The van der Waals surface area contributed by atoms with Crippen LogP contribution in [0.1, 0.15) is 141 Å². The first kappa shape index (κ1) is 59.1. The number of aliphatic hydroxyl groups excluding tert-OH is 1. The summed E-state index contributed by atoms with van der Waals surface area (Å²) >= 11 is 0. The molecule has 0 saturated carbocycles. The van der Waals surface area contributed by atoms with Crippen molar-refractivity contribution in [3.05, 3.63) is 164 Å². The van der Waals surface area contributed by atoms with E-state index in [1.165, 1.54) is 0 Å². The fourth-order valence-corrected chi connectivity index (χ4v) is 10.1. The number of amides is 6. The van der Waals surface area contributed by atoms with Crippen molar-refractivity contribution in [2.45, 2.75) is 98.4 Å². The Hall–Kier alpha value is -7.60. The summed E-state index contributed by atoms with van der Waals surface area (Å²) in [7, 11) is 0. The van der Waals surface area contributed by atoms with Crippen LogP contribution in [0, 0.1) is 27.7 Å². The lowest BCUT2D eigenvalue weighted by molar-refractivity contribution is 0.0887. The van der Waals surface area contributed by atoms with Crippen LogP contribution in [-0.2, 0) is 13.2 Å². The summed E-state index contributed by atoms with van der Waals surface area (Å²) in [5.41, 5.74) is 6.28. The number of aliphatic hydroxyl groups is 1. The van der Waals surface area contributed by atoms with E-state index in [1.54, 1.807) is 36.4 Å². The largest absolute Gasteiger partial charge is 0.484 e. The highest BCUT2D eigenvalue weighted by molar-refractivity contribution is 6.04. The normalized spacial score (nSPS) is 19.2. The summed E-state index contributed by atoms with van der Waals surface area (Å²) in [4.78, 5) is 90.0. The van der Waals surface area contributed by atoms with Crippen molar-refractivity contribution in [2.24, 2.45) is 0 Å². The van der Waals surface area contributed by atoms with Crippen molar-refractivity contribution in [1.82, 2.24) is 41.7 Å². The lowest BCUT2D eigenvalue weighted by atomic mass is 9.96. The topological polar surface area (TPSA) is 220 Å². The van der Waals surface area contributed by atoms with Gasteiger partial charge < -0.3 is 46.5 Å². The van der Waals surface area contributed by atoms with E-state index in [2.05, 4.69) is 43.7 Å². The van der Waals surface area contributed by atoms with Gasteiger partial charge in [-0.15, -0.1) is 0 Å². The number of ether oxygens (including phenoxy) is 2. The molecule has 0 fully saturated rings. The van der Waals surface area contributed by atoms with E-state index >= 15 is 4.79 Å². The third kappa shape index (κ3) is 16.2. The number of carbonyl (C=O) groups is 6. The maximum absolute atomic E-state index is 15.2. The van der Waals surface area contributed by atoms with Crippen LogP contribution in [0.15, 0.2) is 97.1 Å². The molecule has 5 aromatic carbocycles. The molecule has 0 aliphatic carbocycles. The van der Waals surface area contributed by atoms with Crippen molar-refractivity contribution < 1.29 is 43.3 Å². The first-order chi connectivity index (χ1) is 38.3. The summed E-state index contributed by atoms with van der Waals surface area (Å²) in [6.07, 6.45) is 4.02. The fraction of sp³-hybridized carbons (Fsp3) is 0.419. The molecule has 420 valence electrons. The molecule has 79 heavy (non-hydrogen) atoms. The predicted octanol–water partition coefficient (Wildman–Crippen LogP) is 6.58. The average molecular weight is 1080 g/mol. The standard InChI is InChI=1S/C62H78N8O9/c1-6-7-10-20-47-37-70-35-31-65-59(74)50-23-22-49(41(2)42(50)3)57(72)63-28-32-69(33-29-64-58(73)51-24-25-52(44(5)43(51)4)61(76)67-48(38-70)21-15-36-71)34-30-66-60(75)53-26-27-54(62(77)68-47)56(79-40-46-18-13-9-14-19-46)55(53)78-39-45-16-11-8-12-17-45/h8-9,11-14,16-19,22-27,47-48,71H,6-7,10,15,20-21,28-40H2,1-5H3,(H,63,72)(H,64,73)(H,65,74)(H,66,75)(H,67,76)(H,68,77)/t47-,48-/m0/s1. The zero-order valence-electron chi connectivity index (χ0n) is 46.4.